The number of nitrogens with two attached hydrogens (primary N) is 1. The molecule has 1 rings (SSSR count). The molecule has 0 spiro atoms. The lowest BCUT2D eigenvalue weighted by molar-refractivity contribution is 0.413. The number of hydrogen-bond acceptors (Lipinski definition) is 3. The van der Waals surface area contributed by atoms with Gasteiger partial charge >= 0.3 is 0 Å². The molecule has 0 aromatic heterocycles. The molecular formula is C14H22ClN3S. The topological polar surface area (TPSA) is 32.5 Å². The summed E-state index contributed by atoms with van der Waals surface area (Å²) >= 11 is 11.3. The molecular weight excluding hydrogens is 278 g/mol. The van der Waals surface area contributed by atoms with Crippen LogP contribution in [0.1, 0.15) is 18.9 Å². The molecule has 0 heterocycles. The average Bonchev–Trinajstić information content (AvgIpc) is 2.34. The van der Waals surface area contributed by atoms with Crippen LogP contribution in [0.3, 0.4) is 0 Å². The number of benzene rings is 1. The molecule has 0 bridgehead atoms. The summed E-state index contributed by atoms with van der Waals surface area (Å²) in [6.45, 7) is 5.10. The van der Waals surface area contributed by atoms with Crippen molar-refractivity contribution in [1.82, 2.24) is 4.90 Å². The molecule has 0 amide bonds. The molecule has 0 saturated heterocycles. The van der Waals surface area contributed by atoms with Gasteiger partial charge in [-0.2, -0.15) is 0 Å². The van der Waals surface area contributed by atoms with E-state index in [1.54, 1.807) is 0 Å². The van der Waals surface area contributed by atoms with E-state index in [2.05, 4.69) is 30.8 Å². The van der Waals surface area contributed by atoms with E-state index in [0.717, 1.165) is 37.3 Å². The maximum absolute atomic E-state index is 6.35. The Morgan fingerprint density at radius 2 is 1.95 bits per heavy atom. The molecule has 1 aromatic carbocycles. The molecule has 0 fully saturated rings. The van der Waals surface area contributed by atoms with Gasteiger partial charge < -0.3 is 15.5 Å². The first-order valence-corrected chi connectivity index (χ1v) is 7.23. The minimum absolute atomic E-state index is 0.379. The van der Waals surface area contributed by atoms with Crippen LogP contribution in [-0.4, -0.2) is 43.6 Å². The van der Waals surface area contributed by atoms with Gasteiger partial charge in [-0.1, -0.05) is 30.7 Å². The number of halogens is 1. The van der Waals surface area contributed by atoms with Crippen LogP contribution in [0.5, 0.6) is 0 Å². The van der Waals surface area contributed by atoms with Crippen LogP contribution in [0.2, 0.25) is 5.02 Å². The molecule has 0 unspecified atom stereocenters. The maximum atomic E-state index is 6.35. The van der Waals surface area contributed by atoms with Gasteiger partial charge in [-0.3, -0.25) is 0 Å². The van der Waals surface area contributed by atoms with Gasteiger partial charge in [0.15, 0.2) is 0 Å². The third-order valence-electron chi connectivity index (χ3n) is 2.88. The van der Waals surface area contributed by atoms with Crippen LogP contribution in [-0.2, 0) is 0 Å². The summed E-state index contributed by atoms with van der Waals surface area (Å²) in [6.07, 6.45) is 1.08. The van der Waals surface area contributed by atoms with Crippen LogP contribution >= 0.6 is 23.8 Å². The Balaban J connectivity index is 2.92. The molecule has 3 nitrogen and oxygen atoms in total. The Labute approximate surface area is 126 Å². The van der Waals surface area contributed by atoms with Gasteiger partial charge in [0.05, 0.1) is 10.7 Å². The zero-order chi connectivity index (χ0) is 14.4. The van der Waals surface area contributed by atoms with E-state index >= 15 is 0 Å². The highest BCUT2D eigenvalue weighted by atomic mass is 35.5. The van der Waals surface area contributed by atoms with Gasteiger partial charge in [0, 0.05) is 25.2 Å². The first-order valence-electron chi connectivity index (χ1n) is 6.44. The third-order valence-corrected chi connectivity index (χ3v) is 3.42. The number of hydrogen-bond donors (Lipinski definition) is 1. The predicted molar refractivity (Wildman–Crippen MR) is 88.4 cm³/mol. The second-order valence-electron chi connectivity index (χ2n) is 4.82. The lowest BCUT2D eigenvalue weighted by Gasteiger charge is -2.27. The Bertz CT molecular complexity index is 435. The van der Waals surface area contributed by atoms with Gasteiger partial charge in [-0.05, 0) is 38.7 Å². The molecule has 2 N–H and O–H groups in total. The van der Waals surface area contributed by atoms with Gasteiger partial charge in [-0.25, -0.2) is 0 Å². The van der Waals surface area contributed by atoms with Crippen LogP contribution in [0.25, 0.3) is 0 Å². The fourth-order valence-electron chi connectivity index (χ4n) is 1.86. The summed E-state index contributed by atoms with van der Waals surface area (Å²) < 4.78 is 0. The highest BCUT2D eigenvalue weighted by molar-refractivity contribution is 7.80. The van der Waals surface area contributed by atoms with Crippen molar-refractivity contribution in [2.75, 3.05) is 38.6 Å². The molecule has 0 aliphatic rings. The second kappa shape index (κ2) is 7.68. The largest absolute Gasteiger partial charge is 0.389 e. The molecule has 0 radical (unpaired) electrons. The van der Waals surface area contributed by atoms with Crippen LogP contribution in [0, 0.1) is 0 Å². The molecule has 19 heavy (non-hydrogen) atoms. The van der Waals surface area contributed by atoms with Crippen molar-refractivity contribution in [3.63, 3.8) is 0 Å². The highest BCUT2D eigenvalue weighted by Gasteiger charge is 2.11. The average molecular weight is 300 g/mol. The van der Waals surface area contributed by atoms with E-state index < -0.39 is 0 Å². The Morgan fingerprint density at radius 1 is 1.26 bits per heavy atom. The normalized spacial score (nSPS) is 10.8. The highest BCUT2D eigenvalue weighted by Crippen LogP contribution is 2.27. The first kappa shape index (κ1) is 16.2. The summed E-state index contributed by atoms with van der Waals surface area (Å²) in [5.41, 5.74) is 7.48. The fraction of sp³-hybridized carbons (Fsp3) is 0.500. The monoisotopic (exact) mass is 299 g/mol. The van der Waals surface area contributed by atoms with Crippen LogP contribution in [0.4, 0.5) is 5.69 Å². The fourth-order valence-corrected chi connectivity index (χ4v) is 2.29. The van der Waals surface area contributed by atoms with Crippen LogP contribution in [0.15, 0.2) is 18.2 Å². The van der Waals surface area contributed by atoms with Gasteiger partial charge in [0.1, 0.15) is 4.99 Å². The predicted octanol–water partition coefficient (Wildman–Crippen LogP) is 2.75. The zero-order valence-electron chi connectivity index (χ0n) is 11.8. The van der Waals surface area contributed by atoms with Crippen molar-refractivity contribution in [3.8, 4) is 0 Å². The van der Waals surface area contributed by atoms with Gasteiger partial charge in [0.2, 0.25) is 0 Å². The molecule has 5 heteroatoms. The Hall–Kier alpha value is -0.840. The molecule has 0 aliphatic heterocycles. The smallest absolute Gasteiger partial charge is 0.104 e. The molecule has 106 valence electrons. The van der Waals surface area contributed by atoms with E-state index in [1.807, 2.05) is 18.2 Å². The molecule has 0 saturated carbocycles. The minimum atomic E-state index is 0.379. The second-order valence-corrected chi connectivity index (χ2v) is 5.67. The van der Waals surface area contributed by atoms with E-state index in [0.29, 0.717) is 10.0 Å². The molecule has 0 aliphatic carbocycles. The summed E-state index contributed by atoms with van der Waals surface area (Å²) in [4.78, 5) is 4.84. The SMILES string of the molecule is CCCN(CCN(C)C)c1ccc(C(N)=S)cc1Cl. The van der Waals surface area contributed by atoms with Crippen LogP contribution < -0.4 is 10.6 Å². The standard InChI is InChI=1S/C14H22ClN3S/c1-4-7-18(9-8-17(2)3)13-6-5-11(14(16)19)10-12(13)15/h5-6,10H,4,7-9H2,1-3H3,(H2,16,19). The van der Waals surface area contributed by atoms with Gasteiger partial charge in [-0.15, -0.1) is 0 Å². The quantitative estimate of drug-likeness (QED) is 0.785. The number of anilines is 1. The van der Waals surface area contributed by atoms with Crippen molar-refractivity contribution in [2.45, 2.75) is 13.3 Å². The van der Waals surface area contributed by atoms with Gasteiger partial charge in [0.25, 0.3) is 0 Å². The van der Waals surface area contributed by atoms with Crippen molar-refractivity contribution >= 4 is 34.5 Å². The Morgan fingerprint density at radius 3 is 2.42 bits per heavy atom. The first-order chi connectivity index (χ1) is 8.95. The van der Waals surface area contributed by atoms with E-state index in [4.69, 9.17) is 29.6 Å². The number of rotatable bonds is 7. The van der Waals surface area contributed by atoms with E-state index in [9.17, 15) is 0 Å². The summed E-state index contributed by atoms with van der Waals surface area (Å²) in [5, 5.41) is 0.706. The maximum Gasteiger partial charge on any atom is 0.104 e. The van der Waals surface area contributed by atoms with E-state index in [1.165, 1.54) is 0 Å². The minimum Gasteiger partial charge on any atom is -0.389 e. The van der Waals surface area contributed by atoms with E-state index in [-0.39, 0.29) is 0 Å². The van der Waals surface area contributed by atoms with Crippen molar-refractivity contribution < 1.29 is 0 Å². The lowest BCUT2D eigenvalue weighted by atomic mass is 10.2. The van der Waals surface area contributed by atoms with Crippen molar-refractivity contribution in [1.29, 1.82) is 0 Å². The van der Waals surface area contributed by atoms with Crippen molar-refractivity contribution in [2.24, 2.45) is 5.73 Å². The third kappa shape index (κ3) is 4.97. The number of nitrogens with zero attached hydrogens (tertiary/aromatic N) is 2. The molecule has 0 atom stereocenters. The zero-order valence-corrected chi connectivity index (χ0v) is 13.4. The number of likely N-dealkylation sites (N-methyl/N-ethyl adjacent to an activating group) is 1. The summed E-state index contributed by atoms with van der Waals surface area (Å²) in [5.74, 6) is 0. The number of thiocarbonyl (C=S) groups is 1. The lowest BCUT2D eigenvalue weighted by Crippen LogP contribution is -2.32. The van der Waals surface area contributed by atoms with Crippen molar-refractivity contribution in [3.05, 3.63) is 28.8 Å². The Kier molecular flexibility index (Phi) is 6.55. The molecule has 1 aromatic rings. The summed E-state index contributed by atoms with van der Waals surface area (Å²) in [6, 6.07) is 5.78. The summed E-state index contributed by atoms with van der Waals surface area (Å²) in [7, 11) is 4.14.